The highest BCUT2D eigenvalue weighted by molar-refractivity contribution is 7.89. The Bertz CT molecular complexity index is 809. The minimum atomic E-state index is -3.67. The zero-order valence-electron chi connectivity index (χ0n) is 13.8. The minimum Gasteiger partial charge on any atom is -0.373 e. The first-order valence-electron chi connectivity index (χ1n) is 7.56. The van der Waals surface area contributed by atoms with Gasteiger partial charge in [0.15, 0.2) is 5.76 Å². The zero-order chi connectivity index (χ0) is 16.8. The highest BCUT2D eigenvalue weighted by Crippen LogP contribution is 2.31. The number of sulfonamides is 1. The summed E-state index contributed by atoms with van der Waals surface area (Å²) >= 11 is 0. The molecular weight excluding hydrogens is 314 g/mol. The Morgan fingerprint density at radius 1 is 1.26 bits per heavy atom. The van der Waals surface area contributed by atoms with E-state index in [0.29, 0.717) is 24.5 Å². The van der Waals surface area contributed by atoms with Crippen molar-refractivity contribution in [1.29, 1.82) is 0 Å². The zero-order valence-corrected chi connectivity index (χ0v) is 14.6. The van der Waals surface area contributed by atoms with Crippen LogP contribution in [0.25, 0.3) is 0 Å². The fourth-order valence-electron chi connectivity index (χ4n) is 3.21. The molecule has 1 aliphatic heterocycles. The average molecular weight is 335 g/mol. The molecule has 1 aromatic heterocycles. The van der Waals surface area contributed by atoms with Crippen molar-refractivity contribution in [2.24, 2.45) is 0 Å². The molecule has 7 heteroatoms. The van der Waals surface area contributed by atoms with Gasteiger partial charge < -0.3 is 9.42 Å². The number of nitrogens with zero attached hydrogens (tertiary/aromatic N) is 3. The summed E-state index contributed by atoms with van der Waals surface area (Å²) in [6, 6.07) is 7.74. The molecule has 0 aliphatic carbocycles. The second-order valence-electron chi connectivity index (χ2n) is 6.06. The summed E-state index contributed by atoms with van der Waals surface area (Å²) in [5, 5.41) is 3.79. The molecule has 0 bridgehead atoms. The fraction of sp³-hybridized carbons (Fsp3) is 0.438. The summed E-state index contributed by atoms with van der Waals surface area (Å²) in [7, 11) is -1.68. The second-order valence-corrected chi connectivity index (χ2v) is 7.89. The number of rotatable bonds is 2. The average Bonchev–Trinajstić information content (AvgIpc) is 2.77. The molecule has 23 heavy (non-hydrogen) atoms. The van der Waals surface area contributed by atoms with Crippen LogP contribution in [0.1, 0.15) is 23.9 Å². The van der Waals surface area contributed by atoms with Crippen molar-refractivity contribution < 1.29 is 12.9 Å². The van der Waals surface area contributed by atoms with E-state index < -0.39 is 10.0 Å². The van der Waals surface area contributed by atoms with Crippen LogP contribution in [0.3, 0.4) is 0 Å². The second kappa shape index (κ2) is 5.65. The van der Waals surface area contributed by atoms with E-state index in [4.69, 9.17) is 4.52 Å². The molecule has 0 saturated heterocycles. The summed E-state index contributed by atoms with van der Waals surface area (Å²) in [6.45, 7) is 6.19. The standard InChI is InChI=1S/C16H21N3O3S/c1-11-9-18(4)15-8-6-5-7-14(15)10-19(11)23(20,21)16-12(2)17-22-13(16)3/h5-8,11H,9-10H2,1-4H3. The highest BCUT2D eigenvalue weighted by atomic mass is 32.2. The fourth-order valence-corrected chi connectivity index (χ4v) is 5.10. The summed E-state index contributed by atoms with van der Waals surface area (Å²) in [6.07, 6.45) is 0. The summed E-state index contributed by atoms with van der Waals surface area (Å²) in [4.78, 5) is 2.29. The third-order valence-electron chi connectivity index (χ3n) is 4.29. The van der Waals surface area contributed by atoms with Crippen molar-refractivity contribution >= 4 is 15.7 Å². The van der Waals surface area contributed by atoms with E-state index in [-0.39, 0.29) is 10.9 Å². The lowest BCUT2D eigenvalue weighted by molar-refractivity contribution is 0.339. The van der Waals surface area contributed by atoms with Gasteiger partial charge in [-0.25, -0.2) is 8.42 Å². The van der Waals surface area contributed by atoms with Crippen LogP contribution in [0, 0.1) is 13.8 Å². The number of anilines is 1. The van der Waals surface area contributed by atoms with Gasteiger partial charge in [0.05, 0.1) is 0 Å². The Hall–Kier alpha value is -1.86. The number of benzene rings is 1. The van der Waals surface area contributed by atoms with Crippen molar-refractivity contribution in [3.8, 4) is 0 Å². The topological polar surface area (TPSA) is 66.7 Å². The van der Waals surface area contributed by atoms with E-state index in [0.717, 1.165) is 11.3 Å². The number of likely N-dealkylation sites (N-methyl/N-ethyl adjacent to an activating group) is 1. The molecule has 1 atom stereocenters. The minimum absolute atomic E-state index is 0.161. The third kappa shape index (κ3) is 2.64. The van der Waals surface area contributed by atoms with Crippen LogP contribution in [-0.2, 0) is 16.6 Å². The predicted molar refractivity (Wildman–Crippen MR) is 87.9 cm³/mol. The largest absolute Gasteiger partial charge is 0.373 e. The predicted octanol–water partition coefficient (Wildman–Crippen LogP) is 2.32. The Morgan fingerprint density at radius 2 is 1.96 bits per heavy atom. The Balaban J connectivity index is 2.09. The monoisotopic (exact) mass is 335 g/mol. The third-order valence-corrected chi connectivity index (χ3v) is 6.50. The van der Waals surface area contributed by atoms with Gasteiger partial charge in [0.1, 0.15) is 10.6 Å². The van der Waals surface area contributed by atoms with Gasteiger partial charge in [-0.05, 0) is 32.4 Å². The van der Waals surface area contributed by atoms with Crippen LogP contribution >= 0.6 is 0 Å². The molecule has 0 N–H and O–H groups in total. The van der Waals surface area contributed by atoms with Crippen LogP contribution in [0.5, 0.6) is 0 Å². The van der Waals surface area contributed by atoms with E-state index in [9.17, 15) is 8.42 Å². The summed E-state index contributed by atoms with van der Waals surface area (Å²) < 4.78 is 33.0. The maximum atomic E-state index is 13.2. The molecule has 1 aliphatic rings. The first-order valence-corrected chi connectivity index (χ1v) is 9.00. The molecule has 3 rings (SSSR count). The van der Waals surface area contributed by atoms with Crippen molar-refractivity contribution in [1.82, 2.24) is 9.46 Å². The molecule has 2 aromatic rings. The number of aromatic nitrogens is 1. The van der Waals surface area contributed by atoms with Crippen LogP contribution in [0.4, 0.5) is 5.69 Å². The molecule has 124 valence electrons. The number of hydrogen-bond acceptors (Lipinski definition) is 5. The van der Waals surface area contributed by atoms with Gasteiger partial charge in [0, 0.05) is 31.9 Å². The van der Waals surface area contributed by atoms with Gasteiger partial charge in [-0.1, -0.05) is 23.4 Å². The molecule has 0 radical (unpaired) electrons. The Morgan fingerprint density at radius 3 is 2.61 bits per heavy atom. The molecule has 0 spiro atoms. The van der Waals surface area contributed by atoms with Crippen molar-refractivity contribution in [2.45, 2.75) is 38.3 Å². The van der Waals surface area contributed by atoms with Crippen LogP contribution in [-0.4, -0.2) is 37.5 Å². The SMILES string of the molecule is Cc1noc(C)c1S(=O)(=O)N1Cc2ccccc2N(C)CC1C. The van der Waals surface area contributed by atoms with Crippen molar-refractivity contribution in [3.05, 3.63) is 41.3 Å². The molecule has 0 fully saturated rings. The lowest BCUT2D eigenvalue weighted by Crippen LogP contribution is -2.42. The first-order chi connectivity index (χ1) is 10.8. The van der Waals surface area contributed by atoms with Gasteiger partial charge in [-0.2, -0.15) is 4.31 Å². The smallest absolute Gasteiger partial charge is 0.249 e. The van der Waals surface area contributed by atoms with Crippen LogP contribution in [0.2, 0.25) is 0 Å². The van der Waals surface area contributed by atoms with Gasteiger partial charge in [0.25, 0.3) is 0 Å². The lowest BCUT2D eigenvalue weighted by atomic mass is 10.1. The maximum Gasteiger partial charge on any atom is 0.249 e. The molecule has 1 unspecified atom stereocenters. The summed E-state index contributed by atoms with van der Waals surface area (Å²) in [5.74, 6) is 0.334. The van der Waals surface area contributed by atoms with Crippen LogP contribution in [0.15, 0.2) is 33.7 Å². The molecule has 0 amide bonds. The van der Waals surface area contributed by atoms with Gasteiger partial charge >= 0.3 is 0 Å². The van der Waals surface area contributed by atoms with Gasteiger partial charge in [-0.15, -0.1) is 0 Å². The highest BCUT2D eigenvalue weighted by Gasteiger charge is 2.36. The Kier molecular flexibility index (Phi) is 3.93. The molecule has 0 saturated carbocycles. The number of hydrogen-bond donors (Lipinski definition) is 0. The normalized spacial score (nSPS) is 19.5. The Labute approximate surface area is 136 Å². The summed E-state index contributed by atoms with van der Waals surface area (Å²) in [5.41, 5.74) is 2.46. The quantitative estimate of drug-likeness (QED) is 0.842. The molecule has 1 aromatic carbocycles. The van der Waals surface area contributed by atoms with E-state index in [2.05, 4.69) is 10.1 Å². The molecule has 2 heterocycles. The van der Waals surface area contributed by atoms with Gasteiger partial charge in [0.2, 0.25) is 10.0 Å². The van der Waals surface area contributed by atoms with Crippen LogP contribution < -0.4 is 4.90 Å². The van der Waals surface area contributed by atoms with E-state index >= 15 is 0 Å². The van der Waals surface area contributed by atoms with Gasteiger partial charge in [-0.3, -0.25) is 0 Å². The number of fused-ring (bicyclic) bond motifs is 1. The van der Waals surface area contributed by atoms with E-state index in [1.807, 2.05) is 38.2 Å². The van der Waals surface area contributed by atoms with Crippen molar-refractivity contribution in [3.63, 3.8) is 0 Å². The van der Waals surface area contributed by atoms with E-state index in [1.54, 1.807) is 18.2 Å². The lowest BCUT2D eigenvalue weighted by Gasteiger charge is -2.27. The number of para-hydroxylation sites is 1. The molecule has 6 nitrogen and oxygen atoms in total. The van der Waals surface area contributed by atoms with E-state index in [1.165, 1.54) is 0 Å². The van der Waals surface area contributed by atoms with Crippen molar-refractivity contribution in [2.75, 3.05) is 18.5 Å². The maximum absolute atomic E-state index is 13.2. The first kappa shape index (κ1) is 16.0. The number of aryl methyl sites for hydroxylation is 2. The molecular formula is C16H21N3O3S.